The Balaban J connectivity index is 1.38. The first-order valence-electron chi connectivity index (χ1n) is 9.99. The van der Waals surface area contributed by atoms with Gasteiger partial charge in [-0.05, 0) is 38.7 Å². The van der Waals surface area contributed by atoms with E-state index in [1.807, 2.05) is 0 Å². The summed E-state index contributed by atoms with van der Waals surface area (Å²) in [5.41, 5.74) is -0.326. The maximum absolute atomic E-state index is 12.7. The van der Waals surface area contributed by atoms with Gasteiger partial charge in [-0.2, -0.15) is 18.2 Å². The van der Waals surface area contributed by atoms with E-state index in [1.165, 1.54) is 10.8 Å². The van der Waals surface area contributed by atoms with Crippen molar-refractivity contribution in [1.29, 1.82) is 0 Å². The van der Waals surface area contributed by atoms with Gasteiger partial charge in [-0.25, -0.2) is 4.98 Å². The molecule has 1 aliphatic carbocycles. The highest BCUT2D eigenvalue weighted by molar-refractivity contribution is 6.03. The van der Waals surface area contributed by atoms with E-state index < -0.39 is 17.3 Å². The molecule has 1 atom stereocenters. The van der Waals surface area contributed by atoms with Gasteiger partial charge in [-0.15, -0.1) is 0 Å². The molecular formula is C20H23F3N6O2. The number of carbonyl (C=O) groups excluding carboxylic acids is 1. The number of nitrogens with zero attached hydrogens (tertiary/aromatic N) is 4. The Bertz CT molecular complexity index is 1080. The van der Waals surface area contributed by atoms with Gasteiger partial charge in [0.2, 0.25) is 11.9 Å². The number of amides is 1. The maximum atomic E-state index is 12.7. The Hall–Kier alpha value is -3.11. The van der Waals surface area contributed by atoms with Crippen LogP contribution in [0.5, 0.6) is 0 Å². The molecule has 2 aromatic rings. The number of fused-ring (bicyclic) bond motifs is 1. The quantitative estimate of drug-likeness (QED) is 0.766. The second-order valence-corrected chi connectivity index (χ2v) is 8.19. The van der Waals surface area contributed by atoms with Crippen LogP contribution < -0.4 is 21.1 Å². The fourth-order valence-corrected chi connectivity index (χ4v) is 3.91. The molecule has 3 heterocycles. The minimum Gasteiger partial charge on any atom is -0.351 e. The van der Waals surface area contributed by atoms with Crippen molar-refractivity contribution in [3.63, 3.8) is 0 Å². The van der Waals surface area contributed by atoms with Crippen LogP contribution in [0.25, 0.3) is 0 Å². The molecule has 0 radical (unpaired) electrons. The molecule has 1 fully saturated rings. The standard InChI is InChI=1S/C20H23F3N6O2/c1-10-16-17(28(3)11(2)18(31)26-16)27-19(24-10)25-14-6-12(7-14)9-29-5-4-13(8-15(29)30)20(21,22)23/h4-5,8,11-12,14H,6-7,9H2,1-3H3,(H,26,31)(H,24,25,27)/t11-,12?,14?/m0/s1. The molecule has 2 aromatic heterocycles. The van der Waals surface area contributed by atoms with Gasteiger partial charge in [0.05, 0.1) is 11.3 Å². The summed E-state index contributed by atoms with van der Waals surface area (Å²) in [7, 11) is 1.81. The van der Waals surface area contributed by atoms with E-state index in [1.54, 1.807) is 25.8 Å². The minimum absolute atomic E-state index is 0.105. The lowest BCUT2D eigenvalue weighted by molar-refractivity contribution is -0.137. The zero-order chi connectivity index (χ0) is 22.5. The average Bonchev–Trinajstić information content (AvgIpc) is 2.66. The summed E-state index contributed by atoms with van der Waals surface area (Å²) in [5, 5.41) is 6.11. The first-order valence-corrected chi connectivity index (χ1v) is 9.99. The molecule has 2 aliphatic rings. The van der Waals surface area contributed by atoms with E-state index >= 15 is 0 Å². The van der Waals surface area contributed by atoms with E-state index in [-0.39, 0.29) is 23.9 Å². The van der Waals surface area contributed by atoms with Crippen molar-refractivity contribution in [2.45, 2.75) is 51.5 Å². The molecule has 11 heteroatoms. The average molecular weight is 436 g/mol. The largest absolute Gasteiger partial charge is 0.416 e. The number of anilines is 3. The van der Waals surface area contributed by atoms with Gasteiger partial charge < -0.3 is 20.1 Å². The van der Waals surface area contributed by atoms with E-state index in [4.69, 9.17) is 0 Å². The van der Waals surface area contributed by atoms with Gasteiger partial charge in [0.15, 0.2) is 5.82 Å². The zero-order valence-corrected chi connectivity index (χ0v) is 17.3. The number of pyridine rings is 1. The predicted octanol–water partition coefficient (Wildman–Crippen LogP) is 2.63. The molecule has 1 amide bonds. The second-order valence-electron chi connectivity index (χ2n) is 8.19. The molecule has 4 rings (SSSR count). The number of hydrogen-bond donors (Lipinski definition) is 2. The fourth-order valence-electron chi connectivity index (χ4n) is 3.91. The van der Waals surface area contributed by atoms with Gasteiger partial charge in [-0.1, -0.05) is 0 Å². The van der Waals surface area contributed by atoms with Crippen LogP contribution in [0.15, 0.2) is 23.1 Å². The topological polar surface area (TPSA) is 92.1 Å². The summed E-state index contributed by atoms with van der Waals surface area (Å²) in [5.74, 6) is 1.17. The van der Waals surface area contributed by atoms with Crippen LogP contribution in [0.4, 0.5) is 30.6 Å². The summed E-state index contributed by atoms with van der Waals surface area (Å²) in [6, 6.07) is 1.32. The number of alkyl halides is 3. The highest BCUT2D eigenvalue weighted by Crippen LogP contribution is 2.35. The first-order chi connectivity index (χ1) is 14.5. The van der Waals surface area contributed by atoms with Gasteiger partial charge in [0.1, 0.15) is 11.7 Å². The third-order valence-corrected chi connectivity index (χ3v) is 5.96. The normalized spacial score (nSPS) is 23.1. The molecule has 1 aliphatic heterocycles. The summed E-state index contributed by atoms with van der Waals surface area (Å²) >= 11 is 0. The molecule has 0 unspecified atom stereocenters. The van der Waals surface area contributed by atoms with E-state index in [9.17, 15) is 22.8 Å². The van der Waals surface area contributed by atoms with Crippen molar-refractivity contribution in [2.24, 2.45) is 5.92 Å². The monoisotopic (exact) mass is 436 g/mol. The Labute approximate surface area is 176 Å². The lowest BCUT2D eigenvalue weighted by atomic mass is 9.80. The molecule has 8 nitrogen and oxygen atoms in total. The van der Waals surface area contributed by atoms with Crippen LogP contribution in [0.1, 0.15) is 31.0 Å². The Kier molecular flexibility index (Phi) is 5.14. The molecular weight excluding hydrogens is 413 g/mol. The molecule has 2 N–H and O–H groups in total. The predicted molar refractivity (Wildman–Crippen MR) is 109 cm³/mol. The van der Waals surface area contributed by atoms with Crippen LogP contribution >= 0.6 is 0 Å². The number of aryl methyl sites for hydroxylation is 1. The van der Waals surface area contributed by atoms with Crippen molar-refractivity contribution < 1.29 is 18.0 Å². The van der Waals surface area contributed by atoms with E-state index in [0.717, 1.165) is 18.9 Å². The fraction of sp³-hybridized carbons (Fsp3) is 0.500. The maximum Gasteiger partial charge on any atom is 0.416 e. The van der Waals surface area contributed by atoms with Crippen LogP contribution in [0, 0.1) is 12.8 Å². The van der Waals surface area contributed by atoms with Crippen molar-refractivity contribution in [3.8, 4) is 0 Å². The summed E-state index contributed by atoms with van der Waals surface area (Å²) in [4.78, 5) is 34.8. The highest BCUT2D eigenvalue weighted by Gasteiger charge is 2.34. The third-order valence-electron chi connectivity index (χ3n) is 5.96. The van der Waals surface area contributed by atoms with Gasteiger partial charge in [0.25, 0.3) is 5.56 Å². The zero-order valence-electron chi connectivity index (χ0n) is 17.3. The van der Waals surface area contributed by atoms with Crippen molar-refractivity contribution in [1.82, 2.24) is 14.5 Å². The lowest BCUT2D eigenvalue weighted by Crippen LogP contribution is -2.45. The SMILES string of the molecule is Cc1nc(NC2CC(Cn3ccc(C(F)(F)F)cc3=O)C2)nc2c1NC(=O)[C@H](C)N2C. The molecule has 0 bridgehead atoms. The molecule has 0 saturated heterocycles. The van der Waals surface area contributed by atoms with Gasteiger partial charge >= 0.3 is 6.18 Å². The molecule has 0 spiro atoms. The number of halogens is 3. The number of nitrogens with one attached hydrogen (secondary N) is 2. The summed E-state index contributed by atoms with van der Waals surface area (Å²) in [6.45, 7) is 3.96. The van der Waals surface area contributed by atoms with Crippen LogP contribution in [0.3, 0.4) is 0 Å². The number of likely N-dealkylation sites (N-methyl/N-ethyl adjacent to an activating group) is 1. The Morgan fingerprint density at radius 2 is 1.97 bits per heavy atom. The van der Waals surface area contributed by atoms with Gasteiger partial charge in [0, 0.05) is 31.9 Å². The molecule has 166 valence electrons. The number of aromatic nitrogens is 3. The van der Waals surface area contributed by atoms with Crippen molar-refractivity contribution >= 4 is 23.4 Å². The Morgan fingerprint density at radius 1 is 1.26 bits per heavy atom. The number of carbonyl (C=O) groups is 1. The lowest BCUT2D eigenvalue weighted by Gasteiger charge is -2.37. The third kappa shape index (κ3) is 4.08. The first kappa shape index (κ1) is 21.1. The minimum atomic E-state index is -4.52. The summed E-state index contributed by atoms with van der Waals surface area (Å²) in [6.07, 6.45) is -1.83. The Morgan fingerprint density at radius 3 is 2.61 bits per heavy atom. The smallest absolute Gasteiger partial charge is 0.351 e. The molecule has 0 aromatic carbocycles. The van der Waals surface area contributed by atoms with E-state index in [0.29, 0.717) is 35.8 Å². The van der Waals surface area contributed by atoms with Crippen LogP contribution in [0.2, 0.25) is 0 Å². The number of hydrogen-bond acceptors (Lipinski definition) is 6. The van der Waals surface area contributed by atoms with Crippen molar-refractivity contribution in [2.75, 3.05) is 22.6 Å². The molecule has 1 saturated carbocycles. The van der Waals surface area contributed by atoms with Gasteiger partial charge in [-0.3, -0.25) is 9.59 Å². The summed E-state index contributed by atoms with van der Waals surface area (Å²) < 4.78 is 39.4. The van der Waals surface area contributed by atoms with Crippen LogP contribution in [-0.4, -0.2) is 39.6 Å². The van der Waals surface area contributed by atoms with E-state index in [2.05, 4.69) is 20.6 Å². The molecule has 31 heavy (non-hydrogen) atoms. The van der Waals surface area contributed by atoms with Crippen LogP contribution in [-0.2, 0) is 17.5 Å². The second kappa shape index (κ2) is 7.54. The van der Waals surface area contributed by atoms with Crippen molar-refractivity contribution in [3.05, 3.63) is 39.9 Å². The number of rotatable bonds is 4. The highest BCUT2D eigenvalue weighted by atomic mass is 19.4.